The summed E-state index contributed by atoms with van der Waals surface area (Å²) in [4.78, 5) is 27.6. The standard InChI is InChI=1S/C19H24N4O3S/c1-2-26-18(25)9-8-17(24)22-10-12-23(13-11-22)19-21-20-16(14-27-19)15-6-4-3-5-7-15/h3-7H,2,8-14H2,1H3. The van der Waals surface area contributed by atoms with Gasteiger partial charge in [0.1, 0.15) is 0 Å². The number of carbonyl (C=O) groups is 2. The molecule has 0 spiro atoms. The first-order valence-electron chi connectivity index (χ1n) is 9.18. The quantitative estimate of drug-likeness (QED) is 0.721. The van der Waals surface area contributed by atoms with Gasteiger partial charge in [-0.05, 0) is 12.5 Å². The Labute approximate surface area is 163 Å². The maximum absolute atomic E-state index is 12.2. The fourth-order valence-electron chi connectivity index (χ4n) is 2.97. The van der Waals surface area contributed by atoms with Crippen LogP contribution in [-0.2, 0) is 14.3 Å². The lowest BCUT2D eigenvalue weighted by molar-refractivity contribution is -0.145. The molecule has 7 nitrogen and oxygen atoms in total. The second kappa shape index (κ2) is 9.55. The fraction of sp³-hybridized carbons (Fsp3) is 0.474. The summed E-state index contributed by atoms with van der Waals surface area (Å²) >= 11 is 1.68. The maximum Gasteiger partial charge on any atom is 0.306 e. The summed E-state index contributed by atoms with van der Waals surface area (Å²) < 4.78 is 4.87. The number of amides is 1. The molecule has 1 fully saturated rings. The van der Waals surface area contributed by atoms with Crippen molar-refractivity contribution in [3.63, 3.8) is 0 Å². The average Bonchev–Trinajstić information content (AvgIpc) is 2.73. The van der Waals surface area contributed by atoms with Crippen molar-refractivity contribution in [2.45, 2.75) is 19.8 Å². The minimum absolute atomic E-state index is 0.00493. The molecule has 0 aromatic heterocycles. The Bertz CT molecular complexity index is 728. The van der Waals surface area contributed by atoms with Crippen LogP contribution in [0.15, 0.2) is 40.5 Å². The lowest BCUT2D eigenvalue weighted by atomic mass is 10.1. The first-order chi connectivity index (χ1) is 13.2. The number of amidine groups is 1. The normalized spacial score (nSPS) is 17.2. The van der Waals surface area contributed by atoms with Crippen molar-refractivity contribution in [3.8, 4) is 0 Å². The molecule has 0 radical (unpaired) electrons. The molecule has 1 aromatic carbocycles. The second-order valence-electron chi connectivity index (χ2n) is 6.26. The van der Waals surface area contributed by atoms with Gasteiger partial charge in [-0.25, -0.2) is 0 Å². The summed E-state index contributed by atoms with van der Waals surface area (Å²) in [6, 6.07) is 10.1. The van der Waals surface area contributed by atoms with Gasteiger partial charge in [-0.15, -0.1) is 5.10 Å². The van der Waals surface area contributed by atoms with Gasteiger partial charge >= 0.3 is 5.97 Å². The lowest BCUT2D eigenvalue weighted by Gasteiger charge is -2.36. The molecule has 2 aliphatic rings. The summed E-state index contributed by atoms with van der Waals surface area (Å²) in [5.74, 6) is 0.483. The van der Waals surface area contributed by atoms with E-state index in [0.29, 0.717) is 19.7 Å². The van der Waals surface area contributed by atoms with Gasteiger partial charge in [0.2, 0.25) is 5.91 Å². The van der Waals surface area contributed by atoms with Crippen LogP contribution in [0.25, 0.3) is 0 Å². The molecular weight excluding hydrogens is 364 g/mol. The maximum atomic E-state index is 12.2. The number of hydrogen-bond acceptors (Lipinski definition) is 7. The SMILES string of the molecule is CCOC(=O)CCC(=O)N1CCN(C2=NN=C(c3ccccc3)CS2)CC1. The third-order valence-corrected chi connectivity index (χ3v) is 5.47. The Morgan fingerprint density at radius 1 is 1.07 bits per heavy atom. The van der Waals surface area contributed by atoms with Gasteiger partial charge < -0.3 is 14.5 Å². The molecule has 0 bridgehead atoms. The van der Waals surface area contributed by atoms with Gasteiger partial charge in [-0.1, -0.05) is 42.1 Å². The highest BCUT2D eigenvalue weighted by molar-refractivity contribution is 8.14. The van der Waals surface area contributed by atoms with Crippen LogP contribution in [0.5, 0.6) is 0 Å². The third kappa shape index (κ3) is 5.32. The van der Waals surface area contributed by atoms with Crippen LogP contribution in [0.2, 0.25) is 0 Å². The van der Waals surface area contributed by atoms with Gasteiger partial charge in [0.05, 0.1) is 18.7 Å². The molecule has 3 rings (SSSR count). The van der Waals surface area contributed by atoms with Gasteiger partial charge in [0.25, 0.3) is 0 Å². The van der Waals surface area contributed by atoms with Crippen molar-refractivity contribution >= 4 is 34.5 Å². The number of carbonyl (C=O) groups excluding carboxylic acids is 2. The first-order valence-corrected chi connectivity index (χ1v) is 10.2. The molecule has 0 N–H and O–H groups in total. The molecule has 0 unspecified atom stereocenters. The zero-order valence-corrected chi connectivity index (χ0v) is 16.3. The molecule has 1 saturated heterocycles. The van der Waals surface area contributed by atoms with Crippen LogP contribution in [0.4, 0.5) is 0 Å². The minimum atomic E-state index is -0.315. The number of rotatable bonds is 5. The van der Waals surface area contributed by atoms with E-state index in [-0.39, 0.29) is 24.7 Å². The number of hydrogen-bond donors (Lipinski definition) is 0. The van der Waals surface area contributed by atoms with E-state index in [1.165, 1.54) is 0 Å². The van der Waals surface area contributed by atoms with E-state index >= 15 is 0 Å². The summed E-state index contributed by atoms with van der Waals surface area (Å²) in [6.45, 7) is 4.84. The van der Waals surface area contributed by atoms with E-state index in [4.69, 9.17) is 4.74 Å². The predicted octanol–water partition coefficient (Wildman–Crippen LogP) is 1.98. The van der Waals surface area contributed by atoms with E-state index in [0.717, 1.165) is 35.3 Å². The number of ether oxygens (including phenoxy) is 1. The van der Waals surface area contributed by atoms with Gasteiger partial charge in [-0.2, -0.15) is 5.10 Å². The molecule has 1 amide bonds. The van der Waals surface area contributed by atoms with Crippen molar-refractivity contribution in [1.29, 1.82) is 0 Å². The molecule has 2 heterocycles. The molecule has 0 aliphatic carbocycles. The molecule has 8 heteroatoms. The number of nitrogens with zero attached hydrogens (tertiary/aromatic N) is 4. The predicted molar refractivity (Wildman–Crippen MR) is 107 cm³/mol. The van der Waals surface area contributed by atoms with E-state index in [1.807, 2.05) is 35.2 Å². The van der Waals surface area contributed by atoms with Gasteiger partial charge in [0.15, 0.2) is 5.17 Å². The topological polar surface area (TPSA) is 74.6 Å². The summed E-state index contributed by atoms with van der Waals surface area (Å²) in [6.07, 6.45) is 0.353. The van der Waals surface area contributed by atoms with Crippen LogP contribution in [0.3, 0.4) is 0 Å². The van der Waals surface area contributed by atoms with E-state index < -0.39 is 0 Å². The van der Waals surface area contributed by atoms with Gasteiger partial charge in [-0.3, -0.25) is 9.59 Å². The second-order valence-corrected chi connectivity index (χ2v) is 7.20. The largest absolute Gasteiger partial charge is 0.466 e. The van der Waals surface area contributed by atoms with Crippen molar-refractivity contribution in [3.05, 3.63) is 35.9 Å². The lowest BCUT2D eigenvalue weighted by Crippen LogP contribution is -2.50. The van der Waals surface area contributed by atoms with Crippen LogP contribution >= 0.6 is 11.8 Å². The third-order valence-electron chi connectivity index (χ3n) is 4.45. The smallest absolute Gasteiger partial charge is 0.306 e. The monoisotopic (exact) mass is 388 g/mol. The fourth-order valence-corrected chi connectivity index (χ4v) is 3.92. The van der Waals surface area contributed by atoms with Crippen molar-refractivity contribution in [2.75, 3.05) is 38.5 Å². The molecule has 144 valence electrons. The molecule has 2 aliphatic heterocycles. The molecule has 0 atom stereocenters. The number of benzene rings is 1. The van der Waals surface area contributed by atoms with Crippen LogP contribution < -0.4 is 0 Å². The van der Waals surface area contributed by atoms with Crippen molar-refractivity contribution < 1.29 is 14.3 Å². The van der Waals surface area contributed by atoms with Crippen LogP contribution in [-0.4, -0.2) is 71.1 Å². The molecular formula is C19H24N4O3S. The van der Waals surface area contributed by atoms with E-state index in [1.54, 1.807) is 18.7 Å². The Hall–Kier alpha value is -2.35. The number of esters is 1. The zero-order valence-electron chi connectivity index (χ0n) is 15.5. The summed E-state index contributed by atoms with van der Waals surface area (Å²) in [5, 5.41) is 9.69. The zero-order chi connectivity index (χ0) is 19.1. The molecule has 0 saturated carbocycles. The van der Waals surface area contributed by atoms with Crippen molar-refractivity contribution in [1.82, 2.24) is 9.80 Å². The highest BCUT2D eigenvalue weighted by atomic mass is 32.2. The Kier molecular flexibility index (Phi) is 6.86. The van der Waals surface area contributed by atoms with Crippen molar-refractivity contribution in [2.24, 2.45) is 10.2 Å². The Balaban J connectivity index is 1.48. The minimum Gasteiger partial charge on any atom is -0.466 e. The Morgan fingerprint density at radius 2 is 1.81 bits per heavy atom. The van der Waals surface area contributed by atoms with Crippen LogP contribution in [0.1, 0.15) is 25.3 Å². The highest BCUT2D eigenvalue weighted by Crippen LogP contribution is 2.19. The number of piperazine rings is 1. The molecule has 27 heavy (non-hydrogen) atoms. The number of thioether (sulfide) groups is 1. The van der Waals surface area contributed by atoms with E-state index in [2.05, 4.69) is 15.1 Å². The first kappa shape index (κ1) is 19.4. The summed E-state index contributed by atoms with van der Waals surface area (Å²) in [5.41, 5.74) is 2.09. The van der Waals surface area contributed by atoms with E-state index in [9.17, 15) is 9.59 Å². The van der Waals surface area contributed by atoms with Gasteiger partial charge in [0, 0.05) is 38.4 Å². The van der Waals surface area contributed by atoms with Crippen LogP contribution in [0, 0.1) is 0 Å². The Morgan fingerprint density at radius 3 is 2.44 bits per heavy atom. The molecule has 1 aromatic rings. The highest BCUT2D eigenvalue weighted by Gasteiger charge is 2.25. The summed E-state index contributed by atoms with van der Waals surface area (Å²) in [7, 11) is 0. The average molecular weight is 388 g/mol.